The molecule has 2 aromatic carbocycles. The molecule has 0 aromatic heterocycles. The van der Waals surface area contributed by atoms with Crippen molar-refractivity contribution in [3.05, 3.63) is 60.7 Å². The maximum Gasteiger partial charge on any atom is 0.311 e. The van der Waals surface area contributed by atoms with Gasteiger partial charge in [-0.3, -0.25) is 9.59 Å². The molecule has 0 unspecified atom stereocenters. The van der Waals surface area contributed by atoms with E-state index in [4.69, 9.17) is 9.47 Å². The quantitative estimate of drug-likeness (QED) is 0.619. The van der Waals surface area contributed by atoms with Crippen LogP contribution >= 0.6 is 0 Å². The third kappa shape index (κ3) is 4.57. The molecule has 0 heterocycles. The van der Waals surface area contributed by atoms with Gasteiger partial charge in [0.25, 0.3) is 0 Å². The Morgan fingerprint density at radius 3 is 1.35 bits per heavy atom. The van der Waals surface area contributed by atoms with Crippen LogP contribution in [-0.4, -0.2) is 11.9 Å². The van der Waals surface area contributed by atoms with Crippen molar-refractivity contribution in [2.24, 2.45) is 0 Å². The maximum atomic E-state index is 11.5. The predicted octanol–water partition coefficient (Wildman–Crippen LogP) is 2.98. The molecular formula is C16H14O4. The van der Waals surface area contributed by atoms with E-state index in [-0.39, 0.29) is 12.8 Å². The standard InChI is InChI=1S/C16H14O4/c17-15(19-13-7-3-1-4-8-13)11-12-16(18)20-14-9-5-2-6-10-14/h1-10H,11-12H2. The number of rotatable bonds is 5. The van der Waals surface area contributed by atoms with Gasteiger partial charge in [-0.15, -0.1) is 0 Å². The lowest BCUT2D eigenvalue weighted by atomic mass is 10.3. The summed E-state index contributed by atoms with van der Waals surface area (Å²) in [5.74, 6) is 0.0188. The summed E-state index contributed by atoms with van der Waals surface area (Å²) in [6.07, 6.45) is -0.0267. The van der Waals surface area contributed by atoms with Crippen molar-refractivity contribution in [1.29, 1.82) is 0 Å². The van der Waals surface area contributed by atoms with E-state index in [1.54, 1.807) is 48.5 Å². The molecule has 0 aliphatic heterocycles. The van der Waals surface area contributed by atoms with Crippen LogP contribution in [0.2, 0.25) is 0 Å². The normalized spacial score (nSPS) is 9.80. The van der Waals surface area contributed by atoms with E-state index in [0.717, 1.165) is 0 Å². The maximum absolute atomic E-state index is 11.5. The van der Waals surface area contributed by atoms with Crippen LogP contribution in [0.25, 0.3) is 0 Å². The van der Waals surface area contributed by atoms with Crippen molar-refractivity contribution in [2.45, 2.75) is 12.8 Å². The zero-order valence-corrected chi connectivity index (χ0v) is 10.8. The average Bonchev–Trinajstić information content (AvgIpc) is 2.47. The monoisotopic (exact) mass is 270 g/mol. The topological polar surface area (TPSA) is 52.6 Å². The number of benzene rings is 2. The highest BCUT2D eigenvalue weighted by Crippen LogP contribution is 2.12. The van der Waals surface area contributed by atoms with Crippen molar-refractivity contribution in [3.63, 3.8) is 0 Å². The van der Waals surface area contributed by atoms with Gasteiger partial charge in [0.15, 0.2) is 0 Å². The second kappa shape index (κ2) is 7.09. The number of para-hydroxylation sites is 2. The number of ether oxygens (including phenoxy) is 2. The Hall–Kier alpha value is -2.62. The number of carbonyl (C=O) groups excluding carboxylic acids is 2. The van der Waals surface area contributed by atoms with Crippen molar-refractivity contribution in [1.82, 2.24) is 0 Å². The van der Waals surface area contributed by atoms with Gasteiger partial charge in [-0.25, -0.2) is 0 Å². The SMILES string of the molecule is O=C(CCC(=O)Oc1ccccc1)Oc1ccccc1. The van der Waals surface area contributed by atoms with Gasteiger partial charge < -0.3 is 9.47 Å². The van der Waals surface area contributed by atoms with Gasteiger partial charge in [0.2, 0.25) is 0 Å². The summed E-state index contributed by atoms with van der Waals surface area (Å²) in [5.41, 5.74) is 0. The third-order valence-electron chi connectivity index (χ3n) is 2.48. The molecule has 0 saturated heterocycles. The molecule has 0 N–H and O–H groups in total. The van der Waals surface area contributed by atoms with E-state index < -0.39 is 11.9 Å². The first-order valence-electron chi connectivity index (χ1n) is 6.25. The largest absolute Gasteiger partial charge is 0.427 e. The summed E-state index contributed by atoms with van der Waals surface area (Å²) in [5, 5.41) is 0. The summed E-state index contributed by atoms with van der Waals surface area (Å²) in [7, 11) is 0. The minimum atomic E-state index is -0.457. The molecule has 2 aromatic rings. The highest BCUT2D eigenvalue weighted by atomic mass is 16.5. The zero-order chi connectivity index (χ0) is 14.2. The van der Waals surface area contributed by atoms with Gasteiger partial charge in [-0.05, 0) is 24.3 Å². The Morgan fingerprint density at radius 2 is 1.00 bits per heavy atom. The number of carbonyl (C=O) groups is 2. The molecule has 4 nitrogen and oxygen atoms in total. The average molecular weight is 270 g/mol. The summed E-state index contributed by atoms with van der Waals surface area (Å²) in [4.78, 5) is 23.1. The molecule has 0 saturated carbocycles. The van der Waals surface area contributed by atoms with Crippen LogP contribution in [-0.2, 0) is 9.59 Å². The minimum absolute atomic E-state index is 0.0133. The van der Waals surface area contributed by atoms with Crippen LogP contribution in [0.4, 0.5) is 0 Å². The van der Waals surface area contributed by atoms with Gasteiger partial charge in [0.1, 0.15) is 11.5 Å². The van der Waals surface area contributed by atoms with E-state index in [1.807, 2.05) is 12.1 Å². The number of esters is 2. The van der Waals surface area contributed by atoms with E-state index in [1.165, 1.54) is 0 Å². The first-order chi connectivity index (χ1) is 9.74. The van der Waals surface area contributed by atoms with Crippen LogP contribution in [0.3, 0.4) is 0 Å². The Morgan fingerprint density at radius 1 is 0.650 bits per heavy atom. The lowest BCUT2D eigenvalue weighted by Crippen LogP contribution is -2.14. The van der Waals surface area contributed by atoms with Crippen LogP contribution in [0, 0.1) is 0 Å². The van der Waals surface area contributed by atoms with E-state index in [0.29, 0.717) is 11.5 Å². The molecule has 0 aliphatic carbocycles. The fourth-order valence-electron chi connectivity index (χ4n) is 1.55. The van der Waals surface area contributed by atoms with Crippen LogP contribution in [0.5, 0.6) is 11.5 Å². The van der Waals surface area contributed by atoms with E-state index >= 15 is 0 Å². The van der Waals surface area contributed by atoms with Gasteiger partial charge in [0.05, 0.1) is 12.8 Å². The summed E-state index contributed by atoms with van der Waals surface area (Å²) in [6.45, 7) is 0. The molecule has 20 heavy (non-hydrogen) atoms. The molecule has 0 atom stereocenters. The zero-order valence-electron chi connectivity index (χ0n) is 10.8. The molecule has 0 radical (unpaired) electrons. The minimum Gasteiger partial charge on any atom is -0.427 e. The molecule has 4 heteroatoms. The first-order valence-corrected chi connectivity index (χ1v) is 6.25. The Labute approximate surface area is 116 Å². The summed E-state index contributed by atoms with van der Waals surface area (Å²) >= 11 is 0. The molecule has 0 bridgehead atoms. The Bertz CT molecular complexity index is 510. The highest BCUT2D eigenvalue weighted by molar-refractivity contribution is 5.80. The first kappa shape index (κ1) is 13.8. The molecule has 0 amide bonds. The fraction of sp³-hybridized carbons (Fsp3) is 0.125. The number of hydrogen-bond acceptors (Lipinski definition) is 4. The molecule has 2 rings (SSSR count). The predicted molar refractivity (Wildman–Crippen MR) is 73.4 cm³/mol. The highest BCUT2D eigenvalue weighted by Gasteiger charge is 2.10. The molecule has 0 spiro atoms. The molecule has 0 aliphatic rings. The van der Waals surface area contributed by atoms with Crippen LogP contribution in [0.1, 0.15) is 12.8 Å². The molecule has 0 fully saturated rings. The summed E-state index contributed by atoms with van der Waals surface area (Å²) in [6, 6.07) is 17.5. The molecule has 102 valence electrons. The lowest BCUT2D eigenvalue weighted by molar-refractivity contribution is -0.140. The van der Waals surface area contributed by atoms with Crippen molar-refractivity contribution < 1.29 is 19.1 Å². The van der Waals surface area contributed by atoms with E-state index in [2.05, 4.69) is 0 Å². The lowest BCUT2D eigenvalue weighted by Gasteiger charge is -2.05. The second-order valence-corrected chi connectivity index (χ2v) is 4.07. The third-order valence-corrected chi connectivity index (χ3v) is 2.48. The smallest absolute Gasteiger partial charge is 0.311 e. The Kier molecular flexibility index (Phi) is 4.89. The van der Waals surface area contributed by atoms with Crippen LogP contribution in [0.15, 0.2) is 60.7 Å². The van der Waals surface area contributed by atoms with Gasteiger partial charge in [0, 0.05) is 0 Å². The number of hydrogen-bond donors (Lipinski definition) is 0. The van der Waals surface area contributed by atoms with Crippen LogP contribution < -0.4 is 9.47 Å². The van der Waals surface area contributed by atoms with Crippen molar-refractivity contribution in [3.8, 4) is 11.5 Å². The van der Waals surface area contributed by atoms with E-state index in [9.17, 15) is 9.59 Å². The second-order valence-electron chi connectivity index (χ2n) is 4.07. The van der Waals surface area contributed by atoms with Gasteiger partial charge in [-0.1, -0.05) is 36.4 Å². The summed E-state index contributed by atoms with van der Waals surface area (Å²) < 4.78 is 10.1. The molecular weight excluding hydrogens is 256 g/mol. The van der Waals surface area contributed by atoms with Gasteiger partial charge in [-0.2, -0.15) is 0 Å². The van der Waals surface area contributed by atoms with Gasteiger partial charge >= 0.3 is 11.9 Å². The Balaban J connectivity index is 1.75. The fourth-order valence-corrected chi connectivity index (χ4v) is 1.55. The van der Waals surface area contributed by atoms with Crippen molar-refractivity contribution in [2.75, 3.05) is 0 Å². The van der Waals surface area contributed by atoms with Crippen molar-refractivity contribution >= 4 is 11.9 Å².